The lowest BCUT2D eigenvalue weighted by Crippen LogP contribution is -2.32. The molecule has 0 bridgehead atoms. The predicted octanol–water partition coefficient (Wildman–Crippen LogP) is 4.58. The van der Waals surface area contributed by atoms with Crippen molar-refractivity contribution in [3.8, 4) is 0 Å². The van der Waals surface area contributed by atoms with Gasteiger partial charge in [-0.2, -0.15) is 0 Å². The summed E-state index contributed by atoms with van der Waals surface area (Å²) in [6.07, 6.45) is 6.09. The Labute approximate surface area is 190 Å². The van der Waals surface area contributed by atoms with Crippen molar-refractivity contribution in [2.75, 3.05) is 24.1 Å². The van der Waals surface area contributed by atoms with Crippen LogP contribution in [0.1, 0.15) is 49.9 Å². The van der Waals surface area contributed by atoms with E-state index in [1.165, 1.54) is 47.0 Å². The van der Waals surface area contributed by atoms with Gasteiger partial charge in [0, 0.05) is 23.2 Å². The van der Waals surface area contributed by atoms with Crippen LogP contribution in [0, 0.1) is 0 Å². The Bertz CT molecular complexity index is 983. The Kier molecular flexibility index (Phi) is 8.05. The third kappa shape index (κ3) is 5.89. The van der Waals surface area contributed by atoms with Gasteiger partial charge in [-0.05, 0) is 37.3 Å². The SMILES string of the molecule is CSc1ccc(S(=O)(=O)Nc2nnc(SC(C)C)s2)cc1C(=O)N1CCCCCC1. The summed E-state index contributed by atoms with van der Waals surface area (Å²) in [5.74, 6) is -0.107. The van der Waals surface area contributed by atoms with Crippen molar-refractivity contribution in [1.29, 1.82) is 0 Å². The van der Waals surface area contributed by atoms with Crippen LogP contribution in [-0.4, -0.2) is 54.0 Å². The van der Waals surface area contributed by atoms with Crippen LogP contribution in [0.3, 0.4) is 0 Å². The molecule has 164 valence electrons. The average molecular weight is 487 g/mol. The zero-order valence-electron chi connectivity index (χ0n) is 17.3. The highest BCUT2D eigenvalue weighted by atomic mass is 32.2. The third-order valence-electron chi connectivity index (χ3n) is 4.57. The molecule has 0 radical (unpaired) electrons. The quantitative estimate of drug-likeness (QED) is 0.573. The van der Waals surface area contributed by atoms with Gasteiger partial charge in [-0.3, -0.25) is 9.52 Å². The second-order valence-corrected chi connectivity index (χ2v) is 12.5. The molecule has 0 spiro atoms. The first kappa shape index (κ1) is 23.4. The molecule has 11 heteroatoms. The number of sulfonamides is 1. The van der Waals surface area contributed by atoms with E-state index in [1.54, 1.807) is 6.07 Å². The normalized spacial score (nSPS) is 15.3. The van der Waals surface area contributed by atoms with E-state index < -0.39 is 10.0 Å². The molecule has 1 fully saturated rings. The molecule has 1 aliphatic heterocycles. The standard InChI is InChI=1S/C19H26N4O3S4/c1-13(2)28-19-21-20-18(29-19)22-30(25,26)14-8-9-16(27-3)15(12-14)17(24)23-10-6-4-5-7-11-23/h8-9,12-13H,4-7,10-11H2,1-3H3,(H,20,22). The van der Waals surface area contributed by atoms with E-state index in [0.29, 0.717) is 28.2 Å². The summed E-state index contributed by atoms with van der Waals surface area (Å²) >= 11 is 4.16. The number of nitrogens with one attached hydrogen (secondary N) is 1. The maximum Gasteiger partial charge on any atom is 0.263 e. The molecule has 2 heterocycles. The number of hydrogen-bond acceptors (Lipinski definition) is 8. The second-order valence-electron chi connectivity index (χ2n) is 7.21. The van der Waals surface area contributed by atoms with Gasteiger partial charge in [0.2, 0.25) is 5.13 Å². The molecule has 0 unspecified atom stereocenters. The van der Waals surface area contributed by atoms with E-state index >= 15 is 0 Å². The third-order valence-corrected chi connectivity index (χ3v) is 8.76. The van der Waals surface area contributed by atoms with Crippen molar-refractivity contribution in [1.82, 2.24) is 15.1 Å². The second kappa shape index (κ2) is 10.3. The molecule has 7 nitrogen and oxygen atoms in total. The average Bonchev–Trinajstić information content (AvgIpc) is 2.95. The number of likely N-dealkylation sites (tertiary alicyclic amines) is 1. The molecule has 0 saturated carbocycles. The van der Waals surface area contributed by atoms with Gasteiger partial charge >= 0.3 is 0 Å². The Morgan fingerprint density at radius 2 is 1.87 bits per heavy atom. The van der Waals surface area contributed by atoms with Crippen LogP contribution in [-0.2, 0) is 10.0 Å². The summed E-state index contributed by atoms with van der Waals surface area (Å²) in [4.78, 5) is 15.8. The number of amides is 1. The minimum Gasteiger partial charge on any atom is -0.339 e. The van der Waals surface area contributed by atoms with E-state index in [4.69, 9.17) is 0 Å². The molecule has 30 heavy (non-hydrogen) atoms. The summed E-state index contributed by atoms with van der Waals surface area (Å²) < 4.78 is 29.1. The molecule has 2 aromatic rings. The first-order valence-corrected chi connectivity index (χ1v) is 14.2. The van der Waals surface area contributed by atoms with E-state index in [9.17, 15) is 13.2 Å². The zero-order valence-corrected chi connectivity index (χ0v) is 20.5. The minimum atomic E-state index is -3.88. The molecular formula is C19H26N4O3S4. The number of benzene rings is 1. The highest BCUT2D eigenvalue weighted by Gasteiger charge is 2.24. The van der Waals surface area contributed by atoms with Crippen LogP contribution in [0.2, 0.25) is 0 Å². The first-order valence-electron chi connectivity index (χ1n) is 9.80. The fraction of sp³-hybridized carbons (Fsp3) is 0.526. The van der Waals surface area contributed by atoms with Gasteiger partial charge in [-0.25, -0.2) is 8.42 Å². The molecule has 1 amide bonds. The molecule has 0 aliphatic carbocycles. The molecular weight excluding hydrogens is 461 g/mol. The number of anilines is 1. The summed E-state index contributed by atoms with van der Waals surface area (Å²) in [5, 5.41) is 8.49. The van der Waals surface area contributed by atoms with Gasteiger partial charge in [-0.15, -0.1) is 22.0 Å². The largest absolute Gasteiger partial charge is 0.339 e. The van der Waals surface area contributed by atoms with Crippen LogP contribution in [0.4, 0.5) is 5.13 Å². The first-order chi connectivity index (χ1) is 14.3. The van der Waals surface area contributed by atoms with Crippen molar-refractivity contribution in [3.63, 3.8) is 0 Å². The number of thioether (sulfide) groups is 2. The summed E-state index contributed by atoms with van der Waals surface area (Å²) in [6, 6.07) is 4.70. The summed E-state index contributed by atoms with van der Waals surface area (Å²) in [6.45, 7) is 5.49. The predicted molar refractivity (Wildman–Crippen MR) is 124 cm³/mol. The minimum absolute atomic E-state index is 0.0479. The topological polar surface area (TPSA) is 92.3 Å². The van der Waals surface area contributed by atoms with Gasteiger partial charge < -0.3 is 4.90 Å². The van der Waals surface area contributed by atoms with Crippen LogP contribution < -0.4 is 4.72 Å². The van der Waals surface area contributed by atoms with E-state index in [1.807, 2.05) is 25.0 Å². The molecule has 1 N–H and O–H groups in total. The number of nitrogens with zero attached hydrogens (tertiary/aromatic N) is 3. The molecule has 1 saturated heterocycles. The van der Waals surface area contributed by atoms with E-state index in [-0.39, 0.29) is 15.9 Å². The number of aromatic nitrogens is 2. The fourth-order valence-electron chi connectivity index (χ4n) is 3.14. The number of carbonyl (C=O) groups is 1. The van der Waals surface area contributed by atoms with Crippen molar-refractivity contribution in [2.24, 2.45) is 0 Å². The number of rotatable bonds is 7. The highest BCUT2D eigenvalue weighted by molar-refractivity contribution is 8.01. The van der Waals surface area contributed by atoms with Crippen LogP contribution in [0.25, 0.3) is 0 Å². The number of hydrogen-bond donors (Lipinski definition) is 1. The lowest BCUT2D eigenvalue weighted by molar-refractivity contribution is 0.0758. The van der Waals surface area contributed by atoms with Crippen LogP contribution >= 0.6 is 34.9 Å². The Hall–Kier alpha value is -1.30. The van der Waals surface area contributed by atoms with Gasteiger partial charge in [-0.1, -0.05) is 49.8 Å². The van der Waals surface area contributed by atoms with E-state index in [0.717, 1.165) is 30.6 Å². The van der Waals surface area contributed by atoms with Crippen LogP contribution in [0.5, 0.6) is 0 Å². The van der Waals surface area contributed by atoms with Crippen LogP contribution in [0.15, 0.2) is 32.3 Å². The Morgan fingerprint density at radius 3 is 2.50 bits per heavy atom. The fourth-order valence-corrected chi connectivity index (χ4v) is 6.94. The summed E-state index contributed by atoms with van der Waals surface area (Å²) in [5.41, 5.74) is 0.431. The molecule has 3 rings (SSSR count). The van der Waals surface area contributed by atoms with E-state index in [2.05, 4.69) is 14.9 Å². The van der Waals surface area contributed by atoms with Crippen molar-refractivity contribution < 1.29 is 13.2 Å². The maximum absolute atomic E-state index is 13.2. The molecule has 1 aliphatic rings. The number of carbonyl (C=O) groups excluding carboxylic acids is 1. The summed E-state index contributed by atoms with van der Waals surface area (Å²) in [7, 11) is -3.88. The Balaban J connectivity index is 1.85. The van der Waals surface area contributed by atoms with Crippen molar-refractivity contribution in [2.45, 2.75) is 58.9 Å². The smallest absolute Gasteiger partial charge is 0.263 e. The van der Waals surface area contributed by atoms with Gasteiger partial charge in [0.1, 0.15) is 0 Å². The van der Waals surface area contributed by atoms with Crippen molar-refractivity contribution >= 4 is 55.9 Å². The van der Waals surface area contributed by atoms with Gasteiger partial charge in [0.15, 0.2) is 4.34 Å². The lowest BCUT2D eigenvalue weighted by Gasteiger charge is -2.22. The zero-order chi connectivity index (χ0) is 21.7. The Morgan fingerprint density at radius 1 is 1.17 bits per heavy atom. The van der Waals surface area contributed by atoms with Gasteiger partial charge in [0.05, 0.1) is 10.5 Å². The maximum atomic E-state index is 13.2. The molecule has 1 aromatic carbocycles. The molecule has 0 atom stereocenters. The monoisotopic (exact) mass is 486 g/mol. The lowest BCUT2D eigenvalue weighted by atomic mass is 10.2. The highest BCUT2D eigenvalue weighted by Crippen LogP contribution is 2.31. The van der Waals surface area contributed by atoms with Gasteiger partial charge in [0.25, 0.3) is 15.9 Å². The van der Waals surface area contributed by atoms with Crippen molar-refractivity contribution in [3.05, 3.63) is 23.8 Å². The molecule has 1 aromatic heterocycles.